The minimum Gasteiger partial charge on any atom is -0.451 e. The Morgan fingerprint density at radius 3 is 2.86 bits per heavy atom. The van der Waals surface area contributed by atoms with E-state index in [2.05, 4.69) is 24.1 Å². The number of rotatable bonds is 5. The summed E-state index contributed by atoms with van der Waals surface area (Å²) >= 11 is 0. The van der Waals surface area contributed by atoms with E-state index in [9.17, 15) is 9.59 Å². The molecular weight excluding hydrogens is 366 g/mol. The first-order chi connectivity index (χ1) is 14.0. The Bertz CT molecular complexity index is 1010. The van der Waals surface area contributed by atoms with Gasteiger partial charge in [-0.05, 0) is 36.6 Å². The number of furan rings is 1. The second kappa shape index (κ2) is 8.07. The Hall–Kier alpha value is -3.15. The van der Waals surface area contributed by atoms with Gasteiger partial charge in [0.1, 0.15) is 5.58 Å². The van der Waals surface area contributed by atoms with Gasteiger partial charge in [-0.15, -0.1) is 0 Å². The molecule has 0 unspecified atom stereocenters. The van der Waals surface area contributed by atoms with E-state index in [4.69, 9.17) is 4.42 Å². The number of fused-ring (bicyclic) bond motifs is 1. The second-order valence-electron chi connectivity index (χ2n) is 7.93. The van der Waals surface area contributed by atoms with Gasteiger partial charge in [-0.3, -0.25) is 14.6 Å². The lowest BCUT2D eigenvalue weighted by atomic mass is 9.98. The van der Waals surface area contributed by atoms with E-state index in [0.29, 0.717) is 42.5 Å². The maximum absolute atomic E-state index is 12.9. The molecule has 1 aliphatic heterocycles. The molecule has 3 heterocycles. The van der Waals surface area contributed by atoms with Crippen molar-refractivity contribution in [3.05, 3.63) is 65.7 Å². The van der Waals surface area contributed by atoms with Crippen molar-refractivity contribution in [1.29, 1.82) is 0 Å². The molecule has 1 aromatic carbocycles. The van der Waals surface area contributed by atoms with Gasteiger partial charge in [-0.1, -0.05) is 32.0 Å². The van der Waals surface area contributed by atoms with E-state index < -0.39 is 0 Å². The summed E-state index contributed by atoms with van der Waals surface area (Å²) in [5.74, 6) is 0.531. The van der Waals surface area contributed by atoms with Crippen LogP contribution in [-0.2, 0) is 0 Å². The fourth-order valence-corrected chi connectivity index (χ4v) is 3.74. The zero-order valence-electron chi connectivity index (χ0n) is 16.7. The van der Waals surface area contributed by atoms with E-state index >= 15 is 0 Å². The summed E-state index contributed by atoms with van der Waals surface area (Å²) in [5, 5.41) is 3.88. The fraction of sp³-hybridized carbons (Fsp3) is 0.348. The van der Waals surface area contributed by atoms with Crippen molar-refractivity contribution in [2.45, 2.75) is 26.2 Å². The van der Waals surface area contributed by atoms with Crippen molar-refractivity contribution in [2.24, 2.45) is 5.92 Å². The lowest BCUT2D eigenvalue weighted by molar-refractivity contribution is 0.0761. The van der Waals surface area contributed by atoms with Crippen molar-refractivity contribution in [2.75, 3.05) is 19.6 Å². The Kier molecular flexibility index (Phi) is 5.34. The molecule has 1 fully saturated rings. The first-order valence-electron chi connectivity index (χ1n) is 10.0. The maximum atomic E-state index is 12.9. The summed E-state index contributed by atoms with van der Waals surface area (Å²) in [6.45, 7) is 5.88. The lowest BCUT2D eigenvalue weighted by Crippen LogP contribution is -2.30. The summed E-state index contributed by atoms with van der Waals surface area (Å²) in [4.78, 5) is 31.8. The quantitative estimate of drug-likeness (QED) is 0.717. The van der Waals surface area contributed by atoms with Crippen LogP contribution in [0.4, 0.5) is 0 Å². The predicted molar refractivity (Wildman–Crippen MR) is 111 cm³/mol. The fourth-order valence-electron chi connectivity index (χ4n) is 3.74. The van der Waals surface area contributed by atoms with Crippen LogP contribution in [-0.4, -0.2) is 41.3 Å². The van der Waals surface area contributed by atoms with E-state index in [1.165, 1.54) is 0 Å². The molecule has 1 N–H and O–H groups in total. The SMILES string of the molecule is CC(C)CNC(=O)c1cccnc1[C@@H]1CCN(C(=O)c2cc3ccccc3o2)C1. The van der Waals surface area contributed by atoms with Crippen LogP contribution in [0.25, 0.3) is 11.0 Å². The summed E-state index contributed by atoms with van der Waals surface area (Å²) in [7, 11) is 0. The minimum atomic E-state index is -0.120. The van der Waals surface area contributed by atoms with Gasteiger partial charge >= 0.3 is 0 Å². The first kappa shape index (κ1) is 19.2. The van der Waals surface area contributed by atoms with Crippen LogP contribution in [0.5, 0.6) is 0 Å². The number of amides is 2. The number of aromatic nitrogens is 1. The van der Waals surface area contributed by atoms with Crippen molar-refractivity contribution >= 4 is 22.8 Å². The van der Waals surface area contributed by atoms with Crippen LogP contribution in [0.2, 0.25) is 0 Å². The molecule has 0 aliphatic carbocycles. The van der Waals surface area contributed by atoms with Gasteiger partial charge in [0.15, 0.2) is 5.76 Å². The lowest BCUT2D eigenvalue weighted by Gasteiger charge is -2.17. The van der Waals surface area contributed by atoms with Crippen LogP contribution in [0.1, 0.15) is 52.8 Å². The summed E-state index contributed by atoms with van der Waals surface area (Å²) in [6, 6.07) is 13.0. The highest BCUT2D eigenvalue weighted by Crippen LogP contribution is 2.30. The van der Waals surface area contributed by atoms with Gasteiger partial charge in [0, 0.05) is 37.1 Å². The van der Waals surface area contributed by atoms with Gasteiger partial charge in [0.25, 0.3) is 11.8 Å². The highest BCUT2D eigenvalue weighted by atomic mass is 16.3. The number of hydrogen-bond donors (Lipinski definition) is 1. The third kappa shape index (κ3) is 4.01. The zero-order chi connectivity index (χ0) is 20.4. The van der Waals surface area contributed by atoms with Crippen molar-refractivity contribution < 1.29 is 14.0 Å². The molecule has 0 saturated carbocycles. The van der Waals surface area contributed by atoms with Gasteiger partial charge in [-0.2, -0.15) is 0 Å². The monoisotopic (exact) mass is 391 g/mol. The maximum Gasteiger partial charge on any atom is 0.289 e. The van der Waals surface area contributed by atoms with Crippen LogP contribution in [0.15, 0.2) is 53.1 Å². The van der Waals surface area contributed by atoms with Gasteiger partial charge in [0.05, 0.1) is 11.3 Å². The largest absolute Gasteiger partial charge is 0.451 e. The van der Waals surface area contributed by atoms with Crippen LogP contribution < -0.4 is 5.32 Å². The molecule has 2 amide bonds. The normalized spacial score (nSPS) is 16.5. The van der Waals surface area contributed by atoms with E-state index in [1.807, 2.05) is 30.3 Å². The smallest absolute Gasteiger partial charge is 0.289 e. The standard InChI is InChI=1S/C23H25N3O3/c1-15(2)13-25-22(27)18-7-5-10-24-21(18)17-9-11-26(14-17)23(28)20-12-16-6-3-4-8-19(16)29-20/h3-8,10,12,15,17H,9,11,13-14H2,1-2H3,(H,25,27)/t17-/m1/s1. The van der Waals surface area contributed by atoms with Crippen molar-refractivity contribution in [1.82, 2.24) is 15.2 Å². The number of hydrogen-bond acceptors (Lipinski definition) is 4. The highest BCUT2D eigenvalue weighted by molar-refractivity contribution is 5.97. The number of carbonyl (C=O) groups excluding carboxylic acids is 2. The average molecular weight is 391 g/mol. The van der Waals surface area contributed by atoms with Crippen LogP contribution >= 0.6 is 0 Å². The van der Waals surface area contributed by atoms with Crippen molar-refractivity contribution in [3.8, 4) is 0 Å². The number of likely N-dealkylation sites (tertiary alicyclic amines) is 1. The molecule has 1 aliphatic rings. The van der Waals surface area contributed by atoms with Crippen LogP contribution in [0, 0.1) is 5.92 Å². The number of pyridine rings is 1. The molecule has 2 aromatic heterocycles. The predicted octanol–water partition coefficient (Wildman–Crippen LogP) is 3.84. The molecule has 0 radical (unpaired) electrons. The number of carbonyl (C=O) groups is 2. The molecule has 3 aromatic rings. The van der Waals surface area contributed by atoms with Crippen molar-refractivity contribution in [3.63, 3.8) is 0 Å². The molecule has 6 nitrogen and oxygen atoms in total. The van der Waals surface area contributed by atoms with E-state index in [-0.39, 0.29) is 17.7 Å². The molecular formula is C23H25N3O3. The Morgan fingerprint density at radius 2 is 2.07 bits per heavy atom. The summed E-state index contributed by atoms with van der Waals surface area (Å²) in [5.41, 5.74) is 2.06. The Balaban J connectivity index is 1.50. The Labute approximate surface area is 169 Å². The molecule has 29 heavy (non-hydrogen) atoms. The zero-order valence-corrected chi connectivity index (χ0v) is 16.7. The molecule has 6 heteroatoms. The molecule has 0 bridgehead atoms. The minimum absolute atomic E-state index is 0.0318. The topological polar surface area (TPSA) is 75.4 Å². The van der Waals surface area contributed by atoms with E-state index in [0.717, 1.165) is 17.5 Å². The van der Waals surface area contributed by atoms with Crippen LogP contribution in [0.3, 0.4) is 0 Å². The molecule has 1 saturated heterocycles. The number of para-hydroxylation sites is 1. The molecule has 0 spiro atoms. The third-order valence-corrected chi connectivity index (χ3v) is 5.25. The number of benzene rings is 1. The number of nitrogens with one attached hydrogen (secondary N) is 1. The van der Waals surface area contributed by atoms with Gasteiger partial charge < -0.3 is 14.6 Å². The van der Waals surface area contributed by atoms with Gasteiger partial charge in [-0.25, -0.2) is 0 Å². The molecule has 1 atom stereocenters. The van der Waals surface area contributed by atoms with Gasteiger partial charge in [0.2, 0.25) is 0 Å². The molecule has 4 rings (SSSR count). The summed E-state index contributed by atoms with van der Waals surface area (Å²) < 4.78 is 5.73. The van der Waals surface area contributed by atoms with E-state index in [1.54, 1.807) is 23.2 Å². The highest BCUT2D eigenvalue weighted by Gasteiger charge is 2.32. The first-order valence-corrected chi connectivity index (χ1v) is 10.0. The third-order valence-electron chi connectivity index (χ3n) is 5.25. The second-order valence-corrected chi connectivity index (χ2v) is 7.93. The number of nitrogens with zero attached hydrogens (tertiary/aromatic N) is 2. The summed E-state index contributed by atoms with van der Waals surface area (Å²) in [6.07, 6.45) is 2.48. The Morgan fingerprint density at radius 1 is 1.24 bits per heavy atom. The molecule has 150 valence electrons. The average Bonchev–Trinajstić information content (AvgIpc) is 3.38.